The number of esters is 1. The fourth-order valence-corrected chi connectivity index (χ4v) is 3.02. The molecule has 0 unspecified atom stereocenters. The maximum absolute atomic E-state index is 13.0. The zero-order valence-electron chi connectivity index (χ0n) is 12.2. The van der Waals surface area contributed by atoms with Gasteiger partial charge in [0.1, 0.15) is 11.4 Å². The highest BCUT2D eigenvalue weighted by molar-refractivity contribution is 14.1. The van der Waals surface area contributed by atoms with E-state index in [0.29, 0.717) is 0 Å². The van der Waals surface area contributed by atoms with Gasteiger partial charge in [-0.3, -0.25) is 0 Å². The van der Waals surface area contributed by atoms with Crippen molar-refractivity contribution < 1.29 is 33.0 Å². The van der Waals surface area contributed by atoms with Gasteiger partial charge >= 0.3 is 12.1 Å². The Morgan fingerprint density at radius 2 is 1.91 bits per heavy atom. The molecule has 0 spiro atoms. The number of aliphatic carboxylic acids is 1. The van der Waals surface area contributed by atoms with Gasteiger partial charge < -0.3 is 19.4 Å². The Bertz CT molecular complexity index is 626. The molecular formula is C15H14F2IO5-. The molecule has 0 aliphatic heterocycles. The second kappa shape index (κ2) is 6.58. The van der Waals surface area contributed by atoms with Crippen molar-refractivity contribution in [3.8, 4) is 5.75 Å². The van der Waals surface area contributed by atoms with Crippen LogP contribution in [0.3, 0.4) is 0 Å². The van der Waals surface area contributed by atoms with E-state index in [4.69, 9.17) is 4.74 Å². The van der Waals surface area contributed by atoms with Crippen LogP contribution in [0.15, 0.2) is 18.2 Å². The Labute approximate surface area is 145 Å². The molecule has 0 amide bonds. The molecule has 0 aromatic heterocycles. The van der Waals surface area contributed by atoms with Crippen LogP contribution >= 0.6 is 22.6 Å². The van der Waals surface area contributed by atoms with E-state index in [2.05, 4.69) is 4.74 Å². The normalized spacial score (nSPS) is 16.9. The zero-order valence-corrected chi connectivity index (χ0v) is 14.4. The first kappa shape index (κ1) is 17.9. The van der Waals surface area contributed by atoms with Gasteiger partial charge in [0.15, 0.2) is 5.97 Å². The van der Waals surface area contributed by atoms with E-state index in [0.717, 1.165) is 31.7 Å². The number of hydrogen-bond donors (Lipinski definition) is 0. The van der Waals surface area contributed by atoms with Gasteiger partial charge in [-0.05, 0) is 73.4 Å². The summed E-state index contributed by atoms with van der Waals surface area (Å²) in [6.07, 6.45) is -0.887. The van der Waals surface area contributed by atoms with E-state index in [1.165, 1.54) is 12.1 Å². The van der Waals surface area contributed by atoms with E-state index in [9.17, 15) is 23.5 Å². The molecule has 0 bridgehead atoms. The van der Waals surface area contributed by atoms with Gasteiger partial charge in [-0.15, -0.1) is 0 Å². The SMILES string of the molecule is CC1(OC(=O)c2ccc(OC(F)(F)C(=O)[O-])c(I)c2)CCCC1. The minimum absolute atomic E-state index is 0.162. The number of hydrogen-bond acceptors (Lipinski definition) is 5. The predicted octanol–water partition coefficient (Wildman–Crippen LogP) is 2.50. The van der Waals surface area contributed by atoms with E-state index >= 15 is 0 Å². The van der Waals surface area contributed by atoms with Crippen LogP contribution in [0.2, 0.25) is 0 Å². The highest BCUT2D eigenvalue weighted by Crippen LogP contribution is 2.34. The molecule has 0 atom stereocenters. The van der Waals surface area contributed by atoms with E-state index in [-0.39, 0.29) is 14.9 Å². The minimum atomic E-state index is -4.45. The van der Waals surface area contributed by atoms with Crippen molar-refractivity contribution in [1.29, 1.82) is 0 Å². The standard InChI is InChI=1S/C15H15F2IO5/c1-14(6-2-3-7-14)23-12(19)9-4-5-11(10(18)8-9)22-15(16,17)13(20)21/h4-5,8H,2-3,6-7H2,1H3,(H,20,21)/p-1. The number of carboxylic acid groups (broad SMARTS) is 1. The summed E-state index contributed by atoms with van der Waals surface area (Å²) in [5.41, 5.74) is -0.314. The fourth-order valence-electron chi connectivity index (χ4n) is 2.40. The molecule has 1 aromatic carbocycles. The predicted molar refractivity (Wildman–Crippen MR) is 82.0 cm³/mol. The maximum Gasteiger partial charge on any atom is 0.441 e. The summed E-state index contributed by atoms with van der Waals surface area (Å²) in [7, 11) is 0. The van der Waals surface area contributed by atoms with E-state index in [1.807, 2.05) is 6.92 Å². The fraction of sp³-hybridized carbons (Fsp3) is 0.467. The Balaban J connectivity index is 2.12. The molecule has 0 saturated heterocycles. The Kier molecular flexibility index (Phi) is 5.12. The average Bonchev–Trinajstić information content (AvgIpc) is 2.87. The molecule has 1 fully saturated rings. The molecule has 0 N–H and O–H groups in total. The number of halogens is 3. The highest BCUT2D eigenvalue weighted by atomic mass is 127. The second-order valence-electron chi connectivity index (χ2n) is 5.60. The van der Waals surface area contributed by atoms with Crippen molar-refractivity contribution in [3.05, 3.63) is 27.3 Å². The van der Waals surface area contributed by atoms with Crippen LogP contribution in [-0.2, 0) is 9.53 Å². The van der Waals surface area contributed by atoms with Crippen molar-refractivity contribution >= 4 is 34.5 Å². The first-order valence-corrected chi connectivity index (χ1v) is 8.02. The monoisotopic (exact) mass is 439 g/mol. The molecule has 23 heavy (non-hydrogen) atoms. The van der Waals surface area contributed by atoms with Crippen molar-refractivity contribution in [2.75, 3.05) is 0 Å². The lowest BCUT2D eigenvalue weighted by Gasteiger charge is -2.24. The van der Waals surface area contributed by atoms with Crippen LogP contribution in [-0.4, -0.2) is 23.6 Å². The summed E-state index contributed by atoms with van der Waals surface area (Å²) >= 11 is 1.67. The maximum atomic E-state index is 13.0. The number of carbonyl (C=O) groups is 2. The van der Waals surface area contributed by atoms with Crippen molar-refractivity contribution in [1.82, 2.24) is 0 Å². The molecule has 0 heterocycles. The van der Waals surface area contributed by atoms with E-state index < -0.39 is 23.6 Å². The van der Waals surface area contributed by atoms with Crippen LogP contribution in [0.5, 0.6) is 5.75 Å². The Morgan fingerprint density at radius 1 is 1.30 bits per heavy atom. The van der Waals surface area contributed by atoms with Gasteiger partial charge in [0, 0.05) is 0 Å². The molecule has 5 nitrogen and oxygen atoms in total. The summed E-state index contributed by atoms with van der Waals surface area (Å²) in [6, 6.07) is 3.66. The van der Waals surface area contributed by atoms with Crippen molar-refractivity contribution in [2.24, 2.45) is 0 Å². The molecule has 1 aliphatic carbocycles. The first-order valence-electron chi connectivity index (χ1n) is 6.94. The van der Waals surface area contributed by atoms with Gasteiger partial charge in [-0.2, -0.15) is 8.78 Å². The molecular weight excluding hydrogens is 425 g/mol. The third kappa shape index (κ3) is 4.30. The molecule has 8 heteroatoms. The molecule has 1 aliphatic rings. The number of carbonyl (C=O) groups excluding carboxylic acids is 2. The van der Waals surface area contributed by atoms with Gasteiger partial charge in [0.2, 0.25) is 0 Å². The van der Waals surface area contributed by atoms with E-state index in [1.54, 1.807) is 22.6 Å². The Morgan fingerprint density at radius 3 is 2.43 bits per heavy atom. The van der Waals surface area contributed by atoms with Crippen molar-refractivity contribution in [2.45, 2.75) is 44.3 Å². The number of alkyl halides is 2. The first-order chi connectivity index (χ1) is 10.6. The zero-order chi connectivity index (χ0) is 17.3. The van der Waals surface area contributed by atoms with Crippen LogP contribution < -0.4 is 9.84 Å². The number of benzene rings is 1. The number of carboxylic acids is 1. The third-order valence-electron chi connectivity index (χ3n) is 3.64. The van der Waals surface area contributed by atoms with Gasteiger partial charge in [-0.1, -0.05) is 0 Å². The largest absolute Gasteiger partial charge is 0.541 e. The van der Waals surface area contributed by atoms with Crippen LogP contribution in [0.4, 0.5) is 8.78 Å². The lowest BCUT2D eigenvalue weighted by atomic mass is 10.1. The van der Waals surface area contributed by atoms with Crippen LogP contribution in [0, 0.1) is 3.57 Å². The topological polar surface area (TPSA) is 75.7 Å². The third-order valence-corrected chi connectivity index (χ3v) is 4.49. The Hall–Kier alpha value is -1.45. The molecule has 0 radical (unpaired) electrons. The smallest absolute Gasteiger partial charge is 0.441 e. The number of ether oxygens (including phenoxy) is 2. The molecule has 1 saturated carbocycles. The summed E-state index contributed by atoms with van der Waals surface area (Å²) in [5.74, 6) is -3.54. The number of rotatable bonds is 5. The quantitative estimate of drug-likeness (QED) is 0.521. The molecule has 1 aromatic rings. The summed E-state index contributed by atoms with van der Waals surface area (Å²) in [6.45, 7) is 1.86. The van der Waals surface area contributed by atoms with Crippen molar-refractivity contribution in [3.63, 3.8) is 0 Å². The highest BCUT2D eigenvalue weighted by Gasteiger charge is 2.35. The van der Waals surface area contributed by atoms with Crippen LogP contribution in [0.1, 0.15) is 43.0 Å². The lowest BCUT2D eigenvalue weighted by molar-refractivity contribution is -0.350. The summed E-state index contributed by atoms with van der Waals surface area (Å²) in [5, 5.41) is 10.3. The summed E-state index contributed by atoms with van der Waals surface area (Å²) in [4.78, 5) is 22.4. The molecule has 2 rings (SSSR count). The van der Waals surface area contributed by atoms with Crippen LogP contribution in [0.25, 0.3) is 0 Å². The lowest BCUT2D eigenvalue weighted by Crippen LogP contribution is -2.45. The molecule has 126 valence electrons. The summed E-state index contributed by atoms with van der Waals surface area (Å²) < 4.78 is 35.8. The minimum Gasteiger partial charge on any atom is -0.541 e. The van der Waals surface area contributed by atoms with Gasteiger partial charge in [0.25, 0.3) is 0 Å². The average molecular weight is 439 g/mol. The second-order valence-corrected chi connectivity index (χ2v) is 6.76. The van der Waals surface area contributed by atoms with Gasteiger partial charge in [0.05, 0.1) is 9.13 Å². The van der Waals surface area contributed by atoms with Gasteiger partial charge in [-0.25, -0.2) is 4.79 Å².